The maximum absolute atomic E-state index is 4.93. The van der Waals surface area contributed by atoms with Crippen LogP contribution in [0.2, 0.25) is 0 Å². The Balaban J connectivity index is 3.58. The van der Waals surface area contributed by atoms with Crippen LogP contribution >= 0.6 is 7.94 Å². The normalized spacial score (nSPS) is 14.0. The molecule has 0 atom stereocenters. The first-order valence-electron chi connectivity index (χ1n) is 2.34. The third kappa shape index (κ3) is 2.05. The van der Waals surface area contributed by atoms with Crippen LogP contribution in [0, 0.1) is 0 Å². The van der Waals surface area contributed by atoms with Gasteiger partial charge in [-0.1, -0.05) is 0 Å². The molecule has 0 rings (SSSR count). The summed E-state index contributed by atoms with van der Waals surface area (Å²) in [7, 11) is 2.58. The minimum absolute atomic E-state index is 1.58. The molecule has 0 aromatic heterocycles. The Morgan fingerprint density at radius 3 is 1.12 bits per heavy atom. The second-order valence-corrected chi connectivity index (χ2v) is 4.42. The molecule has 0 amide bonds. The molecule has 0 aromatic carbocycles. The van der Waals surface area contributed by atoms with Crippen molar-refractivity contribution >= 4 is 7.94 Å². The van der Waals surface area contributed by atoms with Crippen LogP contribution in [0.3, 0.4) is 0 Å². The van der Waals surface area contributed by atoms with E-state index in [1.165, 1.54) is 0 Å². The Hall–Kier alpha value is 0.310. The van der Waals surface area contributed by atoms with Crippen molar-refractivity contribution < 1.29 is 13.6 Å². The average Bonchev–Trinajstić information content (AvgIpc) is 1.87. The predicted molar refractivity (Wildman–Crippen MR) is 35.3 cm³/mol. The second kappa shape index (κ2) is 3.36. The van der Waals surface area contributed by atoms with Gasteiger partial charge in [0.15, 0.2) is 0 Å². The van der Waals surface area contributed by atoms with Crippen molar-refractivity contribution in [3.8, 4) is 0 Å². The fourth-order valence-corrected chi connectivity index (χ4v) is 0.750. The Kier molecular flexibility index (Phi) is 3.49. The fraction of sp³-hybridized carbons (Fsp3) is 1.00. The molecule has 0 aromatic rings. The molecule has 0 aliphatic heterocycles. The third-order valence-corrected chi connectivity index (χ3v) is 3.34. The molecule has 0 saturated heterocycles. The molecule has 0 aliphatic rings. The van der Waals surface area contributed by atoms with Crippen molar-refractivity contribution in [1.82, 2.24) is 0 Å². The number of hydrogen-bond donors (Lipinski definition) is 0. The summed E-state index contributed by atoms with van der Waals surface area (Å²) in [4.78, 5) is 0. The molecule has 0 saturated carbocycles. The van der Waals surface area contributed by atoms with Gasteiger partial charge in [0.05, 0.1) is 0 Å². The van der Waals surface area contributed by atoms with Gasteiger partial charge in [-0.05, 0) is 0 Å². The van der Waals surface area contributed by atoms with E-state index in [9.17, 15) is 0 Å². The van der Waals surface area contributed by atoms with Gasteiger partial charge in [-0.2, -0.15) is 0 Å². The van der Waals surface area contributed by atoms with E-state index in [1.807, 2.05) is 6.66 Å². The van der Waals surface area contributed by atoms with Gasteiger partial charge in [0.2, 0.25) is 0 Å². The molecule has 0 N–H and O–H groups in total. The van der Waals surface area contributed by atoms with E-state index in [0.29, 0.717) is 0 Å². The van der Waals surface area contributed by atoms with E-state index in [4.69, 9.17) is 13.6 Å². The van der Waals surface area contributed by atoms with Crippen LogP contribution in [0.25, 0.3) is 0 Å². The minimum atomic E-state index is -2.17. The summed E-state index contributed by atoms with van der Waals surface area (Å²) in [6, 6.07) is 0. The van der Waals surface area contributed by atoms with E-state index >= 15 is 0 Å². The third-order valence-electron chi connectivity index (χ3n) is 1.11. The molecule has 8 heavy (non-hydrogen) atoms. The van der Waals surface area contributed by atoms with Gasteiger partial charge in [-0.3, -0.25) is 0 Å². The van der Waals surface area contributed by atoms with Crippen molar-refractivity contribution in [3.05, 3.63) is 0 Å². The van der Waals surface area contributed by atoms with Gasteiger partial charge in [-0.15, -0.1) is 0 Å². The van der Waals surface area contributed by atoms with Gasteiger partial charge in [0, 0.05) is 0 Å². The van der Waals surface area contributed by atoms with Crippen molar-refractivity contribution in [2.45, 2.75) is 0 Å². The zero-order chi connectivity index (χ0) is 6.62. The predicted octanol–water partition coefficient (Wildman–Crippen LogP) is 1.05. The van der Waals surface area contributed by atoms with Crippen molar-refractivity contribution in [3.63, 3.8) is 0 Å². The summed E-state index contributed by atoms with van der Waals surface area (Å²) < 4.78 is 14.8. The average molecular weight is 140 g/mol. The molecule has 3 nitrogen and oxygen atoms in total. The molecule has 0 unspecified atom stereocenters. The number of rotatable bonds is 3. The molecule has 0 fully saturated rings. The van der Waals surface area contributed by atoms with E-state index in [2.05, 4.69) is 0 Å². The first kappa shape index (κ1) is 8.31. The Morgan fingerprint density at radius 2 is 1.12 bits per heavy atom. The summed E-state index contributed by atoms with van der Waals surface area (Å²) in [6.45, 7) is 1.83. The van der Waals surface area contributed by atoms with E-state index in [0.717, 1.165) is 0 Å². The van der Waals surface area contributed by atoms with Crippen LogP contribution in [0.15, 0.2) is 0 Å². The SMILES string of the molecule is CO[PH](C)(OC)OC. The van der Waals surface area contributed by atoms with Gasteiger partial charge in [0.25, 0.3) is 0 Å². The summed E-state index contributed by atoms with van der Waals surface area (Å²) in [5, 5.41) is 0. The van der Waals surface area contributed by atoms with E-state index in [1.54, 1.807) is 21.3 Å². The molecule has 0 aliphatic carbocycles. The van der Waals surface area contributed by atoms with Crippen LogP contribution in [-0.2, 0) is 13.6 Å². The van der Waals surface area contributed by atoms with Gasteiger partial charge < -0.3 is 0 Å². The van der Waals surface area contributed by atoms with Crippen LogP contribution in [0.5, 0.6) is 0 Å². The Bertz CT molecular complexity index is 54.0. The fourth-order valence-electron chi connectivity index (χ4n) is 0.250. The quantitative estimate of drug-likeness (QED) is 0.548. The Labute approximate surface area is 50.5 Å². The van der Waals surface area contributed by atoms with Gasteiger partial charge in [-0.25, -0.2) is 0 Å². The molecular weight excluding hydrogens is 127 g/mol. The topological polar surface area (TPSA) is 27.7 Å². The molecule has 52 valence electrons. The maximum atomic E-state index is 4.93. The first-order valence-corrected chi connectivity index (χ1v) is 4.56. The molecule has 0 spiro atoms. The molecule has 0 bridgehead atoms. The second-order valence-electron chi connectivity index (χ2n) is 1.47. The summed E-state index contributed by atoms with van der Waals surface area (Å²) in [5.41, 5.74) is 0. The summed E-state index contributed by atoms with van der Waals surface area (Å²) in [6.07, 6.45) is 0. The molecule has 0 heterocycles. The summed E-state index contributed by atoms with van der Waals surface area (Å²) >= 11 is 0. The monoisotopic (exact) mass is 140 g/mol. The standard InChI is InChI=1S/C4H13O3P/c1-5-8(4,6-2)7-3/h8H,1-4H3. The number of hydrogen-bond acceptors (Lipinski definition) is 3. The van der Waals surface area contributed by atoms with Gasteiger partial charge in [0.1, 0.15) is 0 Å². The van der Waals surface area contributed by atoms with Gasteiger partial charge >= 0.3 is 49.5 Å². The zero-order valence-electron chi connectivity index (χ0n) is 5.72. The van der Waals surface area contributed by atoms with Crippen LogP contribution < -0.4 is 0 Å². The summed E-state index contributed by atoms with van der Waals surface area (Å²) in [5.74, 6) is 0. The van der Waals surface area contributed by atoms with Crippen LogP contribution in [0.4, 0.5) is 0 Å². The van der Waals surface area contributed by atoms with Crippen LogP contribution in [0.1, 0.15) is 0 Å². The Morgan fingerprint density at radius 1 is 0.875 bits per heavy atom. The van der Waals surface area contributed by atoms with Crippen LogP contribution in [-0.4, -0.2) is 28.0 Å². The first-order chi connectivity index (χ1) is 3.68. The molecule has 4 heteroatoms. The molecular formula is C4H13O3P. The van der Waals surface area contributed by atoms with Crippen molar-refractivity contribution in [2.75, 3.05) is 28.0 Å². The van der Waals surface area contributed by atoms with Crippen molar-refractivity contribution in [2.24, 2.45) is 0 Å². The van der Waals surface area contributed by atoms with E-state index < -0.39 is 7.94 Å². The van der Waals surface area contributed by atoms with Crippen molar-refractivity contribution in [1.29, 1.82) is 0 Å². The van der Waals surface area contributed by atoms with E-state index in [-0.39, 0.29) is 0 Å². The molecule has 0 radical (unpaired) electrons. The zero-order valence-corrected chi connectivity index (χ0v) is 6.72.